The minimum atomic E-state index is -3.55. The maximum Gasteiger partial charge on any atom is 0.242 e. The molecule has 8 heteroatoms. The predicted octanol–water partition coefficient (Wildman–Crippen LogP) is 0.171. The first-order valence-electron chi connectivity index (χ1n) is 5.40. The highest BCUT2D eigenvalue weighted by atomic mass is 32.2. The second kappa shape index (κ2) is 5.23. The van der Waals surface area contributed by atoms with Crippen LogP contribution in [-0.2, 0) is 23.1 Å². The maximum atomic E-state index is 11.9. The molecule has 0 bridgehead atoms. The van der Waals surface area contributed by atoms with Crippen molar-refractivity contribution in [2.24, 2.45) is 0 Å². The van der Waals surface area contributed by atoms with E-state index in [1.54, 1.807) is 17.0 Å². The molecule has 96 valence electrons. The van der Waals surface area contributed by atoms with Crippen LogP contribution in [0.25, 0.3) is 0 Å². The highest BCUT2D eigenvalue weighted by Gasteiger charge is 2.14. The smallest absolute Gasteiger partial charge is 0.242 e. The van der Waals surface area contributed by atoms with E-state index < -0.39 is 10.0 Å². The van der Waals surface area contributed by atoms with Gasteiger partial charge in [-0.05, 0) is 19.1 Å². The molecule has 2 heterocycles. The summed E-state index contributed by atoms with van der Waals surface area (Å²) in [6, 6.07) is 3.06. The monoisotopic (exact) mass is 267 g/mol. The Balaban J connectivity index is 2.11. The standard InChI is InChI=1S/C10H13N5O2S/c1-2-15-8-12-14-10(15)7-13-18(16,17)9-4-3-5-11-6-9/h3-6,8,13H,2,7H2,1H3. The van der Waals surface area contributed by atoms with Crippen molar-refractivity contribution in [3.63, 3.8) is 0 Å². The van der Waals surface area contributed by atoms with E-state index in [2.05, 4.69) is 19.9 Å². The fraction of sp³-hybridized carbons (Fsp3) is 0.300. The van der Waals surface area contributed by atoms with E-state index in [-0.39, 0.29) is 11.4 Å². The summed E-state index contributed by atoms with van der Waals surface area (Å²) in [5.41, 5.74) is 0. The van der Waals surface area contributed by atoms with E-state index in [0.717, 1.165) is 0 Å². The molecular formula is C10H13N5O2S. The molecule has 0 aliphatic rings. The van der Waals surface area contributed by atoms with Gasteiger partial charge in [-0.1, -0.05) is 0 Å². The number of nitrogens with one attached hydrogen (secondary N) is 1. The minimum absolute atomic E-state index is 0.102. The summed E-state index contributed by atoms with van der Waals surface area (Å²) >= 11 is 0. The highest BCUT2D eigenvalue weighted by molar-refractivity contribution is 7.89. The molecule has 0 radical (unpaired) electrons. The Morgan fingerprint density at radius 1 is 1.44 bits per heavy atom. The molecule has 2 aromatic rings. The molecule has 0 aromatic carbocycles. The summed E-state index contributed by atoms with van der Waals surface area (Å²) in [6.07, 6.45) is 4.38. The fourth-order valence-corrected chi connectivity index (χ4v) is 2.37. The minimum Gasteiger partial charge on any atom is -0.317 e. The zero-order chi connectivity index (χ0) is 13.0. The Morgan fingerprint density at radius 3 is 2.94 bits per heavy atom. The molecule has 0 saturated heterocycles. The Hall–Kier alpha value is -1.80. The number of nitrogens with zero attached hydrogens (tertiary/aromatic N) is 4. The molecule has 0 aliphatic carbocycles. The molecule has 0 unspecified atom stereocenters. The van der Waals surface area contributed by atoms with E-state index in [1.165, 1.54) is 18.5 Å². The largest absolute Gasteiger partial charge is 0.317 e. The van der Waals surface area contributed by atoms with E-state index in [0.29, 0.717) is 12.4 Å². The summed E-state index contributed by atoms with van der Waals surface area (Å²) < 4.78 is 28.1. The molecular weight excluding hydrogens is 254 g/mol. The molecule has 1 N–H and O–H groups in total. The molecule has 0 saturated carbocycles. The number of rotatable bonds is 5. The SMILES string of the molecule is CCn1cnnc1CNS(=O)(=O)c1cccnc1. The summed E-state index contributed by atoms with van der Waals surface area (Å²) in [6.45, 7) is 2.73. The first kappa shape index (κ1) is 12.7. The van der Waals surface area contributed by atoms with Gasteiger partial charge in [0.1, 0.15) is 17.0 Å². The van der Waals surface area contributed by atoms with Crippen LogP contribution in [0.4, 0.5) is 0 Å². The van der Waals surface area contributed by atoms with E-state index >= 15 is 0 Å². The highest BCUT2D eigenvalue weighted by Crippen LogP contribution is 2.06. The zero-order valence-corrected chi connectivity index (χ0v) is 10.6. The predicted molar refractivity (Wildman–Crippen MR) is 64.0 cm³/mol. The molecule has 18 heavy (non-hydrogen) atoms. The van der Waals surface area contributed by atoms with Gasteiger partial charge in [0.25, 0.3) is 0 Å². The average molecular weight is 267 g/mol. The van der Waals surface area contributed by atoms with Crippen LogP contribution in [0.15, 0.2) is 35.7 Å². The van der Waals surface area contributed by atoms with Crippen molar-refractivity contribution in [1.82, 2.24) is 24.5 Å². The lowest BCUT2D eigenvalue weighted by Gasteiger charge is -2.06. The second-order valence-corrected chi connectivity index (χ2v) is 5.31. The lowest BCUT2D eigenvalue weighted by atomic mass is 10.5. The molecule has 0 fully saturated rings. The Morgan fingerprint density at radius 2 is 2.28 bits per heavy atom. The van der Waals surface area contributed by atoms with Gasteiger partial charge in [-0.15, -0.1) is 10.2 Å². The van der Waals surface area contributed by atoms with Crippen LogP contribution in [-0.4, -0.2) is 28.2 Å². The summed E-state index contributed by atoms with van der Waals surface area (Å²) in [4.78, 5) is 3.91. The van der Waals surface area contributed by atoms with Gasteiger partial charge in [-0.2, -0.15) is 0 Å². The van der Waals surface area contributed by atoms with Gasteiger partial charge >= 0.3 is 0 Å². The third kappa shape index (κ3) is 2.71. The number of aryl methyl sites for hydroxylation is 1. The van der Waals surface area contributed by atoms with E-state index in [9.17, 15) is 8.42 Å². The number of hydrogen-bond acceptors (Lipinski definition) is 5. The van der Waals surface area contributed by atoms with Crippen molar-refractivity contribution in [2.45, 2.75) is 24.9 Å². The van der Waals surface area contributed by atoms with Gasteiger partial charge in [0, 0.05) is 18.9 Å². The summed E-state index contributed by atoms with van der Waals surface area (Å²) in [5, 5.41) is 7.59. The van der Waals surface area contributed by atoms with Crippen LogP contribution in [0, 0.1) is 0 Å². The fourth-order valence-electron chi connectivity index (χ4n) is 1.43. The third-order valence-electron chi connectivity index (χ3n) is 2.40. The molecule has 0 amide bonds. The van der Waals surface area contributed by atoms with Crippen LogP contribution >= 0.6 is 0 Å². The van der Waals surface area contributed by atoms with Crippen LogP contribution in [0.3, 0.4) is 0 Å². The van der Waals surface area contributed by atoms with Crippen molar-refractivity contribution in [2.75, 3.05) is 0 Å². The van der Waals surface area contributed by atoms with Crippen molar-refractivity contribution in [1.29, 1.82) is 0 Å². The average Bonchev–Trinajstić information content (AvgIpc) is 2.85. The van der Waals surface area contributed by atoms with Crippen LogP contribution in [0.2, 0.25) is 0 Å². The van der Waals surface area contributed by atoms with Gasteiger partial charge < -0.3 is 4.57 Å². The molecule has 0 spiro atoms. The van der Waals surface area contributed by atoms with Gasteiger partial charge in [0.15, 0.2) is 0 Å². The number of pyridine rings is 1. The van der Waals surface area contributed by atoms with Gasteiger partial charge in [-0.3, -0.25) is 4.98 Å². The topological polar surface area (TPSA) is 89.8 Å². The number of hydrogen-bond donors (Lipinski definition) is 1. The van der Waals surface area contributed by atoms with Crippen LogP contribution < -0.4 is 4.72 Å². The van der Waals surface area contributed by atoms with Crippen molar-refractivity contribution in [3.8, 4) is 0 Å². The van der Waals surface area contributed by atoms with Crippen LogP contribution in [0.1, 0.15) is 12.7 Å². The molecule has 2 rings (SSSR count). The summed E-state index contributed by atoms with van der Waals surface area (Å²) in [5.74, 6) is 0.574. The molecule has 0 aliphatic heterocycles. The lowest BCUT2D eigenvalue weighted by Crippen LogP contribution is -2.25. The first-order valence-corrected chi connectivity index (χ1v) is 6.88. The third-order valence-corrected chi connectivity index (χ3v) is 3.79. The second-order valence-electron chi connectivity index (χ2n) is 3.55. The van der Waals surface area contributed by atoms with Crippen LogP contribution in [0.5, 0.6) is 0 Å². The Kier molecular flexibility index (Phi) is 3.68. The molecule has 2 aromatic heterocycles. The van der Waals surface area contributed by atoms with E-state index in [1.807, 2.05) is 6.92 Å². The Bertz CT molecular complexity index is 608. The van der Waals surface area contributed by atoms with Crippen molar-refractivity contribution < 1.29 is 8.42 Å². The maximum absolute atomic E-state index is 11.9. The van der Waals surface area contributed by atoms with Crippen molar-refractivity contribution >= 4 is 10.0 Å². The molecule has 7 nitrogen and oxygen atoms in total. The summed E-state index contributed by atoms with van der Waals surface area (Å²) in [7, 11) is -3.55. The van der Waals surface area contributed by atoms with Gasteiger partial charge in [0.2, 0.25) is 10.0 Å². The van der Waals surface area contributed by atoms with Gasteiger partial charge in [0.05, 0.1) is 6.54 Å². The number of sulfonamides is 1. The lowest BCUT2D eigenvalue weighted by molar-refractivity contribution is 0.574. The first-order chi connectivity index (χ1) is 8.63. The van der Waals surface area contributed by atoms with Crippen molar-refractivity contribution in [3.05, 3.63) is 36.7 Å². The Labute approximate surface area is 105 Å². The van der Waals surface area contributed by atoms with E-state index in [4.69, 9.17) is 0 Å². The normalized spacial score (nSPS) is 11.6. The molecule has 0 atom stereocenters. The quantitative estimate of drug-likeness (QED) is 0.834. The van der Waals surface area contributed by atoms with Gasteiger partial charge in [-0.25, -0.2) is 13.1 Å². The zero-order valence-electron chi connectivity index (χ0n) is 9.81. The number of aromatic nitrogens is 4.